The molecule has 20 heavy (non-hydrogen) atoms. The van der Waals surface area contributed by atoms with Gasteiger partial charge in [0.15, 0.2) is 0 Å². The van der Waals surface area contributed by atoms with Crippen molar-refractivity contribution in [2.75, 3.05) is 46.8 Å². The lowest BCUT2D eigenvalue weighted by Gasteiger charge is -2.07. The Hall–Kier alpha value is -0.650. The number of methoxy groups -OCH3 is 1. The molecule has 0 unspecified atom stereocenters. The van der Waals surface area contributed by atoms with Crippen molar-refractivity contribution in [3.05, 3.63) is 0 Å². The molecule has 0 aliphatic heterocycles. The van der Waals surface area contributed by atoms with E-state index in [2.05, 4.69) is 6.92 Å². The fourth-order valence-electron chi connectivity index (χ4n) is 1.62. The lowest BCUT2D eigenvalue weighted by atomic mass is 10.1. The van der Waals surface area contributed by atoms with Crippen LogP contribution in [0.25, 0.3) is 0 Å². The van der Waals surface area contributed by atoms with Gasteiger partial charge >= 0.3 is 5.97 Å². The molecule has 0 aromatic carbocycles. The standard InChI is InChI=1S/C15H30O5/c1-3-4-5-6-7-8-15(16)20-14-13-19-12-11-18-10-9-17-2/h3-14H2,1-2H3. The molecular formula is C15H30O5. The van der Waals surface area contributed by atoms with Gasteiger partial charge < -0.3 is 18.9 Å². The predicted octanol–water partition coefficient (Wildman–Crippen LogP) is 2.57. The lowest BCUT2D eigenvalue weighted by Crippen LogP contribution is -2.13. The fourth-order valence-corrected chi connectivity index (χ4v) is 1.62. The summed E-state index contributed by atoms with van der Waals surface area (Å²) < 4.78 is 20.4. The van der Waals surface area contributed by atoms with Crippen molar-refractivity contribution in [3.8, 4) is 0 Å². The molecule has 0 aromatic heterocycles. The van der Waals surface area contributed by atoms with Crippen LogP contribution in [0.1, 0.15) is 45.4 Å². The van der Waals surface area contributed by atoms with Gasteiger partial charge in [0, 0.05) is 13.5 Å². The third kappa shape index (κ3) is 15.4. The summed E-state index contributed by atoms with van der Waals surface area (Å²) >= 11 is 0. The molecular weight excluding hydrogens is 260 g/mol. The summed E-state index contributed by atoms with van der Waals surface area (Å²) in [5, 5.41) is 0. The Balaban J connectivity index is 3.11. The van der Waals surface area contributed by atoms with Crippen LogP contribution in [0.2, 0.25) is 0 Å². The Bertz CT molecular complexity index is 208. The molecule has 0 aromatic rings. The van der Waals surface area contributed by atoms with Gasteiger partial charge in [0.2, 0.25) is 0 Å². The van der Waals surface area contributed by atoms with E-state index in [9.17, 15) is 4.79 Å². The van der Waals surface area contributed by atoms with Crippen molar-refractivity contribution >= 4 is 5.97 Å². The molecule has 0 spiro atoms. The van der Waals surface area contributed by atoms with Crippen LogP contribution in [0.3, 0.4) is 0 Å². The van der Waals surface area contributed by atoms with Gasteiger partial charge in [0.25, 0.3) is 0 Å². The van der Waals surface area contributed by atoms with E-state index in [4.69, 9.17) is 18.9 Å². The normalized spacial score (nSPS) is 10.7. The van der Waals surface area contributed by atoms with Gasteiger partial charge in [-0.05, 0) is 6.42 Å². The van der Waals surface area contributed by atoms with Crippen molar-refractivity contribution < 1.29 is 23.7 Å². The van der Waals surface area contributed by atoms with E-state index < -0.39 is 0 Å². The first-order valence-electron chi connectivity index (χ1n) is 7.61. The molecule has 0 aliphatic carbocycles. The Labute approximate surface area is 122 Å². The Morgan fingerprint density at radius 2 is 1.40 bits per heavy atom. The predicted molar refractivity (Wildman–Crippen MR) is 77.8 cm³/mol. The molecule has 0 amide bonds. The molecule has 0 bridgehead atoms. The largest absolute Gasteiger partial charge is 0.463 e. The quantitative estimate of drug-likeness (QED) is 0.343. The van der Waals surface area contributed by atoms with Gasteiger partial charge in [0.1, 0.15) is 6.61 Å². The van der Waals surface area contributed by atoms with E-state index in [1.54, 1.807) is 7.11 Å². The summed E-state index contributed by atoms with van der Waals surface area (Å²) in [5.74, 6) is -0.124. The number of unbranched alkanes of at least 4 members (excludes halogenated alkanes) is 4. The number of carbonyl (C=O) groups excluding carboxylic acids is 1. The molecule has 0 rings (SSSR count). The minimum absolute atomic E-state index is 0.124. The summed E-state index contributed by atoms with van der Waals surface area (Å²) in [6, 6.07) is 0. The first-order valence-corrected chi connectivity index (χ1v) is 7.61. The minimum Gasteiger partial charge on any atom is -0.463 e. The van der Waals surface area contributed by atoms with Gasteiger partial charge in [-0.2, -0.15) is 0 Å². The maximum Gasteiger partial charge on any atom is 0.305 e. The second-order valence-corrected chi connectivity index (χ2v) is 4.60. The van der Waals surface area contributed by atoms with Crippen LogP contribution in [-0.2, 0) is 23.7 Å². The third-order valence-corrected chi connectivity index (χ3v) is 2.78. The summed E-state index contributed by atoms with van der Waals surface area (Å²) in [4.78, 5) is 11.4. The third-order valence-electron chi connectivity index (χ3n) is 2.78. The number of hydrogen-bond donors (Lipinski definition) is 0. The van der Waals surface area contributed by atoms with Crippen LogP contribution in [0.15, 0.2) is 0 Å². The zero-order chi connectivity index (χ0) is 14.9. The Kier molecular flexibility index (Phi) is 15.9. The Morgan fingerprint density at radius 3 is 2.05 bits per heavy atom. The number of esters is 1. The minimum atomic E-state index is -0.124. The number of rotatable bonds is 15. The van der Waals surface area contributed by atoms with Crippen molar-refractivity contribution in [2.45, 2.75) is 45.4 Å². The SMILES string of the molecule is CCCCCCCC(=O)OCCOCCOCCOC. The summed E-state index contributed by atoms with van der Waals surface area (Å²) in [6.45, 7) is 5.15. The summed E-state index contributed by atoms with van der Waals surface area (Å²) in [6.07, 6.45) is 6.22. The average molecular weight is 290 g/mol. The monoisotopic (exact) mass is 290 g/mol. The second kappa shape index (κ2) is 16.4. The molecule has 0 saturated heterocycles. The highest BCUT2D eigenvalue weighted by molar-refractivity contribution is 5.69. The van der Waals surface area contributed by atoms with Gasteiger partial charge in [0.05, 0.1) is 33.0 Å². The fraction of sp³-hybridized carbons (Fsp3) is 0.933. The zero-order valence-electron chi connectivity index (χ0n) is 13.0. The van der Waals surface area contributed by atoms with E-state index in [1.165, 1.54) is 19.3 Å². The molecule has 0 aliphatic rings. The van der Waals surface area contributed by atoms with Crippen LogP contribution in [0.4, 0.5) is 0 Å². The molecule has 0 saturated carbocycles. The topological polar surface area (TPSA) is 54.0 Å². The second-order valence-electron chi connectivity index (χ2n) is 4.60. The first-order chi connectivity index (χ1) is 9.81. The highest BCUT2D eigenvalue weighted by Gasteiger charge is 2.02. The average Bonchev–Trinajstić information content (AvgIpc) is 2.45. The molecule has 0 atom stereocenters. The number of carbonyl (C=O) groups is 1. The number of ether oxygens (including phenoxy) is 4. The molecule has 0 fully saturated rings. The summed E-state index contributed by atoms with van der Waals surface area (Å²) in [5.41, 5.74) is 0. The van der Waals surface area contributed by atoms with Crippen molar-refractivity contribution in [3.63, 3.8) is 0 Å². The summed E-state index contributed by atoms with van der Waals surface area (Å²) in [7, 11) is 1.64. The molecule has 120 valence electrons. The number of hydrogen-bond acceptors (Lipinski definition) is 5. The molecule has 5 heteroatoms. The van der Waals surface area contributed by atoms with Crippen LogP contribution >= 0.6 is 0 Å². The first kappa shape index (κ1) is 19.4. The molecule has 0 heterocycles. The van der Waals surface area contributed by atoms with Gasteiger partial charge in [-0.3, -0.25) is 4.79 Å². The smallest absolute Gasteiger partial charge is 0.305 e. The van der Waals surface area contributed by atoms with Crippen LogP contribution in [-0.4, -0.2) is 52.7 Å². The Morgan fingerprint density at radius 1 is 0.800 bits per heavy atom. The van der Waals surface area contributed by atoms with Crippen LogP contribution in [0.5, 0.6) is 0 Å². The van der Waals surface area contributed by atoms with Crippen molar-refractivity contribution in [1.82, 2.24) is 0 Å². The highest BCUT2D eigenvalue weighted by Crippen LogP contribution is 2.05. The maximum atomic E-state index is 11.4. The van der Waals surface area contributed by atoms with E-state index in [0.717, 1.165) is 12.8 Å². The van der Waals surface area contributed by atoms with Gasteiger partial charge in [-0.1, -0.05) is 32.6 Å². The lowest BCUT2D eigenvalue weighted by molar-refractivity contribution is -0.145. The van der Waals surface area contributed by atoms with Crippen molar-refractivity contribution in [1.29, 1.82) is 0 Å². The zero-order valence-corrected chi connectivity index (χ0v) is 13.0. The van der Waals surface area contributed by atoms with Gasteiger partial charge in [-0.25, -0.2) is 0 Å². The van der Waals surface area contributed by atoms with E-state index >= 15 is 0 Å². The van der Waals surface area contributed by atoms with Crippen LogP contribution in [0, 0.1) is 0 Å². The molecule has 0 radical (unpaired) electrons. The molecule has 0 N–H and O–H groups in total. The van der Waals surface area contributed by atoms with E-state index in [0.29, 0.717) is 46.1 Å². The van der Waals surface area contributed by atoms with E-state index in [1.807, 2.05) is 0 Å². The van der Waals surface area contributed by atoms with Crippen molar-refractivity contribution in [2.24, 2.45) is 0 Å². The maximum absolute atomic E-state index is 11.4. The molecule has 5 nitrogen and oxygen atoms in total. The van der Waals surface area contributed by atoms with Gasteiger partial charge in [-0.15, -0.1) is 0 Å². The van der Waals surface area contributed by atoms with E-state index in [-0.39, 0.29) is 5.97 Å². The highest BCUT2D eigenvalue weighted by atomic mass is 16.6. The van der Waals surface area contributed by atoms with Crippen LogP contribution < -0.4 is 0 Å².